The third-order valence-corrected chi connectivity index (χ3v) is 4.46. The molecule has 1 atom stereocenters. The van der Waals surface area contributed by atoms with Gasteiger partial charge in [-0.15, -0.1) is 0 Å². The maximum atomic E-state index is 13.1. The summed E-state index contributed by atoms with van der Waals surface area (Å²) in [6.45, 7) is 3.05. The highest BCUT2D eigenvalue weighted by Gasteiger charge is 2.34. The average molecular weight is 324 g/mol. The number of nitrogens with one attached hydrogen (secondary N) is 1. The Kier molecular flexibility index (Phi) is 3.76. The summed E-state index contributed by atoms with van der Waals surface area (Å²) in [5.74, 6) is 1.49. The molecule has 124 valence electrons. The molecule has 0 aliphatic carbocycles. The second kappa shape index (κ2) is 6.07. The maximum absolute atomic E-state index is 13.1. The smallest absolute Gasteiger partial charge is 0.254 e. The molecule has 2 aromatic rings. The van der Waals surface area contributed by atoms with Crippen molar-refractivity contribution in [3.8, 4) is 11.5 Å². The topological polar surface area (TPSA) is 50.8 Å². The van der Waals surface area contributed by atoms with Gasteiger partial charge in [0, 0.05) is 18.7 Å². The van der Waals surface area contributed by atoms with Crippen molar-refractivity contribution < 1.29 is 14.3 Å². The number of carbonyl (C=O) groups excluding carboxylic acids is 1. The van der Waals surface area contributed by atoms with E-state index in [1.807, 2.05) is 47.4 Å². The zero-order chi connectivity index (χ0) is 16.5. The minimum Gasteiger partial charge on any atom is -0.454 e. The number of hydrogen-bond acceptors (Lipinski definition) is 4. The van der Waals surface area contributed by atoms with E-state index in [2.05, 4.69) is 12.2 Å². The number of nitrogens with zero attached hydrogens (tertiary/aromatic N) is 1. The Morgan fingerprint density at radius 1 is 1.17 bits per heavy atom. The number of ether oxygens (including phenoxy) is 2. The minimum absolute atomic E-state index is 0.0704. The number of rotatable bonds is 4. The standard InChI is InChI=1S/C19H20N2O3/c1-2-3-9-21-15-11-17-16(23-12-24-17)10-14(15)20-18(19(21)22)13-7-5-4-6-8-13/h4-8,10-11,18,20H,2-3,9,12H2,1H3. The van der Waals surface area contributed by atoms with Gasteiger partial charge in [-0.25, -0.2) is 0 Å². The second-order valence-corrected chi connectivity index (χ2v) is 6.05. The minimum atomic E-state index is -0.379. The lowest BCUT2D eigenvalue weighted by molar-refractivity contribution is -0.119. The van der Waals surface area contributed by atoms with Crippen LogP contribution in [-0.2, 0) is 4.79 Å². The van der Waals surface area contributed by atoms with E-state index in [0.29, 0.717) is 12.3 Å². The predicted octanol–water partition coefficient (Wildman–Crippen LogP) is 3.72. The Labute approximate surface area is 141 Å². The Morgan fingerprint density at radius 2 is 1.92 bits per heavy atom. The molecule has 0 saturated carbocycles. The molecule has 4 rings (SSSR count). The van der Waals surface area contributed by atoms with Gasteiger partial charge in [-0.1, -0.05) is 43.7 Å². The van der Waals surface area contributed by atoms with E-state index in [4.69, 9.17) is 9.47 Å². The Morgan fingerprint density at radius 3 is 2.67 bits per heavy atom. The van der Waals surface area contributed by atoms with Crippen LogP contribution >= 0.6 is 0 Å². The lowest BCUT2D eigenvalue weighted by Gasteiger charge is -2.35. The van der Waals surface area contributed by atoms with Gasteiger partial charge in [0.25, 0.3) is 5.91 Å². The first-order valence-corrected chi connectivity index (χ1v) is 8.34. The third kappa shape index (κ3) is 2.46. The van der Waals surface area contributed by atoms with Gasteiger partial charge in [0.15, 0.2) is 11.5 Å². The van der Waals surface area contributed by atoms with E-state index >= 15 is 0 Å². The van der Waals surface area contributed by atoms with Crippen molar-refractivity contribution in [3.05, 3.63) is 48.0 Å². The molecule has 0 saturated heterocycles. The number of carbonyl (C=O) groups is 1. The van der Waals surface area contributed by atoms with Crippen molar-refractivity contribution in [1.82, 2.24) is 0 Å². The molecule has 2 aromatic carbocycles. The lowest BCUT2D eigenvalue weighted by atomic mass is 10.0. The number of benzene rings is 2. The molecule has 0 fully saturated rings. The van der Waals surface area contributed by atoms with E-state index in [1.54, 1.807) is 0 Å². The first kappa shape index (κ1) is 14.9. The fourth-order valence-electron chi connectivity index (χ4n) is 3.18. The average Bonchev–Trinajstić information content (AvgIpc) is 3.07. The summed E-state index contributed by atoms with van der Waals surface area (Å²) in [6, 6.07) is 13.3. The molecule has 0 bridgehead atoms. The summed E-state index contributed by atoms with van der Waals surface area (Å²) in [7, 11) is 0. The molecular weight excluding hydrogens is 304 g/mol. The van der Waals surface area contributed by atoms with Gasteiger partial charge in [-0.05, 0) is 12.0 Å². The van der Waals surface area contributed by atoms with Gasteiger partial charge >= 0.3 is 0 Å². The largest absolute Gasteiger partial charge is 0.454 e. The molecule has 2 aliphatic rings. The van der Waals surface area contributed by atoms with Crippen LogP contribution < -0.4 is 19.7 Å². The maximum Gasteiger partial charge on any atom is 0.254 e. The van der Waals surface area contributed by atoms with Gasteiger partial charge in [0.1, 0.15) is 6.04 Å². The molecular formula is C19H20N2O3. The Bertz CT molecular complexity index is 761. The van der Waals surface area contributed by atoms with Crippen molar-refractivity contribution in [2.75, 3.05) is 23.6 Å². The van der Waals surface area contributed by atoms with E-state index < -0.39 is 0 Å². The van der Waals surface area contributed by atoms with Crippen molar-refractivity contribution in [2.45, 2.75) is 25.8 Å². The molecule has 0 spiro atoms. The number of hydrogen-bond donors (Lipinski definition) is 1. The van der Waals surface area contributed by atoms with E-state index in [9.17, 15) is 4.79 Å². The quantitative estimate of drug-likeness (QED) is 0.931. The Hall–Kier alpha value is -2.69. The van der Waals surface area contributed by atoms with Crippen molar-refractivity contribution in [1.29, 1.82) is 0 Å². The lowest BCUT2D eigenvalue weighted by Crippen LogP contribution is -2.42. The highest BCUT2D eigenvalue weighted by molar-refractivity contribution is 6.06. The van der Waals surface area contributed by atoms with E-state index in [-0.39, 0.29) is 18.7 Å². The first-order chi connectivity index (χ1) is 11.8. The molecule has 24 heavy (non-hydrogen) atoms. The molecule has 1 N–H and O–H groups in total. The molecule has 1 amide bonds. The molecule has 0 aromatic heterocycles. The molecule has 5 heteroatoms. The summed E-state index contributed by atoms with van der Waals surface area (Å²) in [5.41, 5.74) is 2.74. The summed E-state index contributed by atoms with van der Waals surface area (Å²) >= 11 is 0. The summed E-state index contributed by atoms with van der Waals surface area (Å²) in [4.78, 5) is 15.0. The summed E-state index contributed by atoms with van der Waals surface area (Å²) < 4.78 is 11.0. The van der Waals surface area contributed by atoms with Gasteiger partial charge in [0.05, 0.1) is 11.4 Å². The van der Waals surface area contributed by atoms with Gasteiger partial charge in [-0.3, -0.25) is 4.79 Å². The summed E-state index contributed by atoms with van der Waals surface area (Å²) in [5, 5.41) is 3.37. The highest BCUT2D eigenvalue weighted by Crippen LogP contribution is 2.45. The van der Waals surface area contributed by atoms with Crippen LogP contribution in [0.2, 0.25) is 0 Å². The number of amides is 1. The SMILES string of the molecule is CCCCN1C(=O)C(c2ccccc2)Nc2cc3c(cc21)OCO3. The van der Waals surface area contributed by atoms with Crippen LogP contribution in [0.4, 0.5) is 11.4 Å². The molecule has 2 heterocycles. The van der Waals surface area contributed by atoms with Crippen LogP contribution in [0.25, 0.3) is 0 Å². The third-order valence-electron chi connectivity index (χ3n) is 4.46. The predicted molar refractivity (Wildman–Crippen MR) is 92.6 cm³/mol. The zero-order valence-electron chi connectivity index (χ0n) is 13.6. The molecule has 1 unspecified atom stereocenters. The highest BCUT2D eigenvalue weighted by atomic mass is 16.7. The van der Waals surface area contributed by atoms with Crippen LogP contribution in [0, 0.1) is 0 Å². The fourth-order valence-corrected chi connectivity index (χ4v) is 3.18. The van der Waals surface area contributed by atoms with Crippen LogP contribution in [0.5, 0.6) is 11.5 Å². The van der Waals surface area contributed by atoms with E-state index in [0.717, 1.165) is 35.5 Å². The second-order valence-electron chi connectivity index (χ2n) is 6.05. The number of unbranched alkanes of at least 4 members (excludes halogenated alkanes) is 1. The van der Waals surface area contributed by atoms with Crippen molar-refractivity contribution in [2.24, 2.45) is 0 Å². The molecule has 5 nitrogen and oxygen atoms in total. The fraction of sp³-hybridized carbons (Fsp3) is 0.316. The molecule has 0 radical (unpaired) electrons. The van der Waals surface area contributed by atoms with Gasteiger partial charge in [-0.2, -0.15) is 0 Å². The van der Waals surface area contributed by atoms with Crippen LogP contribution in [-0.4, -0.2) is 19.2 Å². The van der Waals surface area contributed by atoms with E-state index in [1.165, 1.54) is 0 Å². The van der Waals surface area contributed by atoms with Crippen molar-refractivity contribution in [3.63, 3.8) is 0 Å². The van der Waals surface area contributed by atoms with Gasteiger partial charge in [0.2, 0.25) is 6.79 Å². The monoisotopic (exact) mass is 324 g/mol. The number of fused-ring (bicyclic) bond motifs is 2. The summed E-state index contributed by atoms with van der Waals surface area (Å²) in [6.07, 6.45) is 1.99. The normalized spacial score (nSPS) is 18.3. The van der Waals surface area contributed by atoms with Crippen LogP contribution in [0.3, 0.4) is 0 Å². The van der Waals surface area contributed by atoms with Crippen LogP contribution in [0.1, 0.15) is 31.4 Å². The zero-order valence-corrected chi connectivity index (χ0v) is 13.6. The van der Waals surface area contributed by atoms with Gasteiger partial charge < -0.3 is 19.7 Å². The molecule has 2 aliphatic heterocycles. The van der Waals surface area contributed by atoms with Crippen LogP contribution in [0.15, 0.2) is 42.5 Å². The van der Waals surface area contributed by atoms with Crippen molar-refractivity contribution >= 4 is 17.3 Å². The Balaban J connectivity index is 1.76. The first-order valence-electron chi connectivity index (χ1n) is 8.34. The number of anilines is 2.